The van der Waals surface area contributed by atoms with Crippen molar-refractivity contribution in [1.82, 2.24) is 14.5 Å². The quantitative estimate of drug-likeness (QED) is 0.599. The smallest absolute Gasteiger partial charge is 0.242 e. The zero-order valence-electron chi connectivity index (χ0n) is 17.5. The molecule has 9 nitrogen and oxygen atoms in total. The van der Waals surface area contributed by atoms with Gasteiger partial charge in [-0.05, 0) is 36.8 Å². The summed E-state index contributed by atoms with van der Waals surface area (Å²) in [6.07, 6.45) is 2.53. The maximum atomic E-state index is 12.9. The summed E-state index contributed by atoms with van der Waals surface area (Å²) < 4.78 is 34.7. The van der Waals surface area contributed by atoms with Crippen LogP contribution in [0.4, 0.5) is 0 Å². The highest BCUT2D eigenvalue weighted by Gasteiger charge is 2.28. The van der Waals surface area contributed by atoms with Crippen LogP contribution in [-0.4, -0.2) is 62.4 Å². The van der Waals surface area contributed by atoms with Crippen LogP contribution in [-0.2, 0) is 32.7 Å². The molecule has 2 rings (SSSR count). The third-order valence-electron chi connectivity index (χ3n) is 4.62. The number of amides is 2. The number of carbonyl (C=O) groups is 2. The van der Waals surface area contributed by atoms with Gasteiger partial charge in [0.2, 0.25) is 21.8 Å². The number of hydrogen-bond donors (Lipinski definition) is 1. The van der Waals surface area contributed by atoms with Gasteiger partial charge < -0.3 is 19.4 Å². The normalized spacial score (nSPS) is 12.4. The molecule has 0 saturated heterocycles. The first-order chi connectivity index (χ1) is 14.1. The number of rotatable bonds is 10. The maximum absolute atomic E-state index is 12.9. The molecule has 1 N–H and O–H groups in total. The molecule has 0 saturated carbocycles. The molecule has 1 aromatic carbocycles. The number of nitrogens with zero attached hydrogens (tertiary/aromatic N) is 2. The van der Waals surface area contributed by atoms with Gasteiger partial charge in [0.05, 0.1) is 32.7 Å². The lowest BCUT2D eigenvalue weighted by atomic mass is 10.1. The lowest BCUT2D eigenvalue weighted by Crippen LogP contribution is -2.50. The molecule has 1 aromatic heterocycles. The van der Waals surface area contributed by atoms with Gasteiger partial charge in [0.25, 0.3) is 0 Å². The first-order valence-electron chi connectivity index (χ1n) is 9.25. The minimum absolute atomic E-state index is 0.135. The van der Waals surface area contributed by atoms with Crippen molar-refractivity contribution in [2.75, 3.05) is 27.0 Å². The Morgan fingerprint density at radius 2 is 1.87 bits per heavy atom. The van der Waals surface area contributed by atoms with Gasteiger partial charge in [-0.1, -0.05) is 12.1 Å². The highest BCUT2D eigenvalue weighted by atomic mass is 32.2. The molecule has 0 aliphatic rings. The molecular weight excluding hydrogens is 410 g/mol. The fraction of sp³-hybridized carbons (Fsp3) is 0.400. The summed E-state index contributed by atoms with van der Waals surface area (Å²) >= 11 is 0. The molecule has 1 atom stereocenters. The van der Waals surface area contributed by atoms with Crippen LogP contribution in [0.15, 0.2) is 47.1 Å². The molecule has 2 amide bonds. The fourth-order valence-corrected chi connectivity index (χ4v) is 2.99. The average molecular weight is 438 g/mol. The van der Waals surface area contributed by atoms with E-state index in [2.05, 4.69) is 5.32 Å². The van der Waals surface area contributed by atoms with Gasteiger partial charge in [-0.2, -0.15) is 4.31 Å². The van der Waals surface area contributed by atoms with Crippen LogP contribution < -0.4 is 10.1 Å². The lowest BCUT2D eigenvalue weighted by molar-refractivity contribution is -0.140. The number of carbonyl (C=O) groups excluding carboxylic acids is 2. The van der Waals surface area contributed by atoms with E-state index >= 15 is 0 Å². The summed E-state index contributed by atoms with van der Waals surface area (Å²) in [6.45, 7) is 1.55. The van der Waals surface area contributed by atoms with Gasteiger partial charge in [-0.25, -0.2) is 8.42 Å². The second-order valence-corrected chi connectivity index (χ2v) is 8.95. The predicted molar refractivity (Wildman–Crippen MR) is 111 cm³/mol. The Kier molecular flexibility index (Phi) is 8.01. The van der Waals surface area contributed by atoms with Crippen molar-refractivity contribution in [3.63, 3.8) is 0 Å². The van der Waals surface area contributed by atoms with E-state index in [1.807, 2.05) is 0 Å². The summed E-state index contributed by atoms with van der Waals surface area (Å²) in [5.41, 5.74) is 0.775. The summed E-state index contributed by atoms with van der Waals surface area (Å²) in [4.78, 5) is 26.9. The molecule has 0 spiro atoms. The Labute approximate surface area is 176 Å². The second-order valence-electron chi connectivity index (χ2n) is 6.86. The van der Waals surface area contributed by atoms with E-state index in [1.54, 1.807) is 50.4 Å². The van der Waals surface area contributed by atoms with Crippen molar-refractivity contribution in [2.45, 2.75) is 26.1 Å². The van der Waals surface area contributed by atoms with Crippen molar-refractivity contribution < 1.29 is 27.2 Å². The van der Waals surface area contributed by atoms with E-state index in [0.29, 0.717) is 11.5 Å². The van der Waals surface area contributed by atoms with Crippen LogP contribution in [0.1, 0.15) is 18.2 Å². The third-order valence-corrected chi connectivity index (χ3v) is 5.88. The van der Waals surface area contributed by atoms with Crippen molar-refractivity contribution in [1.29, 1.82) is 0 Å². The minimum Gasteiger partial charge on any atom is -0.497 e. The second kappa shape index (κ2) is 10.3. The molecule has 164 valence electrons. The van der Waals surface area contributed by atoms with Gasteiger partial charge in [-0.15, -0.1) is 0 Å². The average Bonchev–Trinajstić information content (AvgIpc) is 3.23. The summed E-state index contributed by atoms with van der Waals surface area (Å²) in [5, 5.41) is 2.73. The maximum Gasteiger partial charge on any atom is 0.242 e. The molecule has 0 fully saturated rings. The van der Waals surface area contributed by atoms with Crippen LogP contribution in [0.3, 0.4) is 0 Å². The molecule has 30 heavy (non-hydrogen) atoms. The van der Waals surface area contributed by atoms with Gasteiger partial charge in [0, 0.05) is 13.6 Å². The fourth-order valence-electron chi connectivity index (χ4n) is 2.64. The SMILES string of the molecule is COc1ccc(CN(C(=O)CN(C)S(C)(=O)=O)[C@H](C)C(=O)NCc2ccco2)cc1. The Morgan fingerprint density at radius 1 is 1.20 bits per heavy atom. The topological polar surface area (TPSA) is 109 Å². The lowest BCUT2D eigenvalue weighted by Gasteiger charge is -2.30. The summed E-state index contributed by atoms with van der Waals surface area (Å²) in [7, 11) is -0.670. The standard InChI is InChI=1S/C20H27N3O6S/c1-15(20(25)21-12-18-6-5-11-29-18)23(19(24)14-22(2)30(4,26)27)13-16-7-9-17(28-3)10-8-16/h5-11,15H,12-14H2,1-4H3,(H,21,25)/t15-/m1/s1. The van der Waals surface area contributed by atoms with Gasteiger partial charge in [0.1, 0.15) is 17.6 Å². The first-order valence-corrected chi connectivity index (χ1v) is 11.1. The number of likely N-dealkylation sites (N-methyl/N-ethyl adjacent to an activating group) is 1. The Balaban J connectivity index is 2.17. The number of sulfonamides is 1. The largest absolute Gasteiger partial charge is 0.497 e. The van der Waals surface area contributed by atoms with Gasteiger partial charge >= 0.3 is 0 Å². The summed E-state index contributed by atoms with van der Waals surface area (Å²) in [5.74, 6) is 0.382. The van der Waals surface area contributed by atoms with Crippen molar-refractivity contribution >= 4 is 21.8 Å². The van der Waals surface area contributed by atoms with Gasteiger partial charge in [0.15, 0.2) is 0 Å². The van der Waals surface area contributed by atoms with E-state index in [9.17, 15) is 18.0 Å². The third kappa shape index (κ3) is 6.60. The molecule has 1 heterocycles. The molecule has 10 heteroatoms. The number of ether oxygens (including phenoxy) is 1. The van der Waals surface area contributed by atoms with Crippen molar-refractivity contribution in [2.24, 2.45) is 0 Å². The molecule has 0 bridgehead atoms. The van der Waals surface area contributed by atoms with Crippen LogP contribution in [0.25, 0.3) is 0 Å². The number of methoxy groups -OCH3 is 1. The highest BCUT2D eigenvalue weighted by molar-refractivity contribution is 7.88. The van der Waals surface area contributed by atoms with E-state index in [-0.39, 0.29) is 25.5 Å². The Morgan fingerprint density at radius 3 is 2.40 bits per heavy atom. The molecule has 0 unspecified atom stereocenters. The van der Waals surface area contributed by atoms with Gasteiger partial charge in [-0.3, -0.25) is 9.59 Å². The van der Waals surface area contributed by atoms with E-state index in [1.165, 1.54) is 18.2 Å². The number of benzene rings is 1. The van der Waals surface area contributed by atoms with Crippen LogP contribution in [0.2, 0.25) is 0 Å². The van der Waals surface area contributed by atoms with E-state index in [4.69, 9.17) is 9.15 Å². The monoisotopic (exact) mass is 437 g/mol. The van der Waals surface area contributed by atoms with Crippen LogP contribution in [0, 0.1) is 0 Å². The molecule has 2 aromatic rings. The van der Waals surface area contributed by atoms with E-state index < -0.39 is 22.0 Å². The Bertz CT molecular complexity index is 941. The predicted octanol–water partition coefficient (Wildman–Crippen LogP) is 1.21. The minimum atomic E-state index is -3.54. The van der Waals surface area contributed by atoms with E-state index in [0.717, 1.165) is 16.1 Å². The molecule has 0 aliphatic carbocycles. The first kappa shape index (κ1) is 23.4. The number of nitrogens with one attached hydrogen (secondary N) is 1. The van der Waals surface area contributed by atoms with Crippen LogP contribution >= 0.6 is 0 Å². The zero-order chi connectivity index (χ0) is 22.3. The zero-order valence-corrected chi connectivity index (χ0v) is 18.3. The Hall–Kier alpha value is -2.85. The molecule has 0 radical (unpaired) electrons. The highest BCUT2D eigenvalue weighted by Crippen LogP contribution is 2.15. The molecular formula is C20H27N3O6S. The van der Waals surface area contributed by atoms with Crippen molar-refractivity contribution in [3.05, 3.63) is 54.0 Å². The number of hydrogen-bond acceptors (Lipinski definition) is 6. The van der Waals surface area contributed by atoms with Crippen LogP contribution in [0.5, 0.6) is 5.75 Å². The van der Waals surface area contributed by atoms with Crippen molar-refractivity contribution in [3.8, 4) is 5.75 Å². The molecule has 0 aliphatic heterocycles. The summed E-state index contributed by atoms with van der Waals surface area (Å²) in [6, 6.07) is 9.68. The number of furan rings is 1.